The van der Waals surface area contributed by atoms with Gasteiger partial charge < -0.3 is 4.74 Å². The van der Waals surface area contributed by atoms with Gasteiger partial charge in [0.1, 0.15) is 12.4 Å². The summed E-state index contributed by atoms with van der Waals surface area (Å²) in [6.45, 7) is 9.51. The van der Waals surface area contributed by atoms with E-state index in [2.05, 4.69) is 74.0 Å². The average molecular weight is 353 g/mol. The van der Waals surface area contributed by atoms with Gasteiger partial charge >= 0.3 is 0 Å². The van der Waals surface area contributed by atoms with Crippen molar-refractivity contribution < 1.29 is 4.74 Å². The number of ether oxygens (including phenoxy) is 1. The predicted molar refractivity (Wildman–Crippen MR) is 90.9 cm³/mol. The molecule has 20 heavy (non-hydrogen) atoms. The van der Waals surface area contributed by atoms with E-state index in [4.69, 9.17) is 4.74 Å². The molecule has 0 fully saturated rings. The lowest BCUT2D eigenvalue weighted by atomic mass is 9.85. The number of hydrogen-bond donors (Lipinski definition) is 0. The van der Waals surface area contributed by atoms with Crippen LogP contribution in [-0.4, -0.2) is 0 Å². The van der Waals surface area contributed by atoms with Crippen LogP contribution in [0.1, 0.15) is 43.7 Å². The first kappa shape index (κ1) is 15.6. The van der Waals surface area contributed by atoms with Gasteiger partial charge in [0.2, 0.25) is 0 Å². The third-order valence-electron chi connectivity index (χ3n) is 3.26. The van der Waals surface area contributed by atoms with Crippen molar-refractivity contribution in [2.45, 2.75) is 46.1 Å². The Labute approximate surface area is 134 Å². The van der Waals surface area contributed by atoms with Gasteiger partial charge in [-0.05, 0) is 57.1 Å². The number of hydrogen-bond acceptors (Lipinski definition) is 2. The molecule has 2 rings (SSSR count). The first-order valence-electron chi connectivity index (χ1n) is 6.90. The van der Waals surface area contributed by atoms with E-state index in [0.717, 1.165) is 16.0 Å². The lowest BCUT2D eigenvalue weighted by Gasteiger charge is -2.23. The third kappa shape index (κ3) is 3.86. The Morgan fingerprint density at radius 1 is 1.15 bits per heavy atom. The van der Waals surface area contributed by atoms with Crippen LogP contribution in [0.4, 0.5) is 0 Å². The van der Waals surface area contributed by atoms with Crippen LogP contribution in [0, 0.1) is 0 Å². The van der Waals surface area contributed by atoms with Crippen LogP contribution in [0.15, 0.2) is 34.1 Å². The predicted octanol–water partition coefficient (Wildman–Crippen LogP) is 5.95. The molecular formula is C17H21BrOS. The Hall–Kier alpha value is -0.800. The molecule has 0 aliphatic carbocycles. The van der Waals surface area contributed by atoms with Crippen molar-refractivity contribution in [1.29, 1.82) is 0 Å². The van der Waals surface area contributed by atoms with Crippen LogP contribution in [0.25, 0.3) is 0 Å². The Kier molecular flexibility index (Phi) is 4.92. The quantitative estimate of drug-likeness (QED) is 0.660. The van der Waals surface area contributed by atoms with Crippen molar-refractivity contribution in [3.05, 3.63) is 50.1 Å². The van der Waals surface area contributed by atoms with Crippen LogP contribution in [0.2, 0.25) is 0 Å². The van der Waals surface area contributed by atoms with Gasteiger partial charge in [-0.25, -0.2) is 0 Å². The van der Waals surface area contributed by atoms with Gasteiger partial charge in [0, 0.05) is 4.88 Å². The second kappa shape index (κ2) is 6.31. The van der Waals surface area contributed by atoms with Crippen LogP contribution >= 0.6 is 27.3 Å². The van der Waals surface area contributed by atoms with E-state index in [-0.39, 0.29) is 5.41 Å². The highest BCUT2D eigenvalue weighted by atomic mass is 79.9. The van der Waals surface area contributed by atoms with Gasteiger partial charge in [0.25, 0.3) is 0 Å². The van der Waals surface area contributed by atoms with Crippen molar-refractivity contribution in [1.82, 2.24) is 0 Å². The van der Waals surface area contributed by atoms with Gasteiger partial charge in [-0.2, -0.15) is 0 Å². The van der Waals surface area contributed by atoms with Crippen molar-refractivity contribution in [3.8, 4) is 5.75 Å². The lowest BCUT2D eigenvalue weighted by molar-refractivity contribution is 0.301. The SMILES string of the molecule is CCc1ccc(OCc2ccc(Br)s2)c(C(C)(C)C)c1. The molecular weight excluding hydrogens is 332 g/mol. The summed E-state index contributed by atoms with van der Waals surface area (Å²) in [5.74, 6) is 0.999. The van der Waals surface area contributed by atoms with Gasteiger partial charge in [-0.1, -0.05) is 39.8 Å². The molecule has 0 radical (unpaired) electrons. The zero-order chi connectivity index (χ0) is 14.8. The molecule has 1 aromatic carbocycles. The summed E-state index contributed by atoms with van der Waals surface area (Å²) in [7, 11) is 0. The lowest BCUT2D eigenvalue weighted by Crippen LogP contribution is -2.14. The molecule has 0 saturated heterocycles. The van der Waals surface area contributed by atoms with Crippen LogP contribution in [-0.2, 0) is 18.4 Å². The number of rotatable bonds is 4. The summed E-state index contributed by atoms with van der Waals surface area (Å²) in [5.41, 5.74) is 2.74. The van der Waals surface area contributed by atoms with Gasteiger partial charge in [0.05, 0.1) is 3.79 Å². The van der Waals surface area contributed by atoms with Crippen LogP contribution in [0.5, 0.6) is 5.75 Å². The van der Waals surface area contributed by atoms with Gasteiger partial charge in [0.15, 0.2) is 0 Å². The van der Waals surface area contributed by atoms with E-state index in [0.29, 0.717) is 6.61 Å². The highest BCUT2D eigenvalue weighted by Gasteiger charge is 2.19. The number of thiophene rings is 1. The van der Waals surface area contributed by atoms with Crippen molar-refractivity contribution in [2.24, 2.45) is 0 Å². The highest BCUT2D eigenvalue weighted by Crippen LogP contribution is 2.33. The maximum Gasteiger partial charge on any atom is 0.123 e. The molecule has 108 valence electrons. The molecule has 0 N–H and O–H groups in total. The Balaban J connectivity index is 2.22. The number of halogens is 1. The Morgan fingerprint density at radius 3 is 2.45 bits per heavy atom. The third-order valence-corrected chi connectivity index (χ3v) is 4.86. The average Bonchev–Trinajstić information content (AvgIpc) is 2.81. The van der Waals surface area contributed by atoms with Crippen molar-refractivity contribution in [3.63, 3.8) is 0 Å². The molecule has 1 nitrogen and oxygen atoms in total. The molecule has 0 atom stereocenters. The fraction of sp³-hybridized carbons (Fsp3) is 0.412. The fourth-order valence-electron chi connectivity index (χ4n) is 2.09. The summed E-state index contributed by atoms with van der Waals surface area (Å²) in [4.78, 5) is 1.23. The first-order valence-corrected chi connectivity index (χ1v) is 8.51. The molecule has 0 aliphatic heterocycles. The summed E-state index contributed by atoms with van der Waals surface area (Å²) in [6.07, 6.45) is 1.06. The Bertz CT molecular complexity index is 581. The molecule has 0 spiro atoms. The monoisotopic (exact) mass is 352 g/mol. The fourth-order valence-corrected chi connectivity index (χ4v) is 3.48. The zero-order valence-corrected chi connectivity index (χ0v) is 14.9. The molecule has 0 unspecified atom stereocenters. The molecule has 1 heterocycles. The van der Waals surface area contributed by atoms with E-state index in [9.17, 15) is 0 Å². The molecule has 0 aliphatic rings. The normalized spacial score (nSPS) is 11.7. The van der Waals surface area contributed by atoms with Crippen LogP contribution in [0.3, 0.4) is 0 Å². The van der Waals surface area contributed by atoms with Crippen LogP contribution < -0.4 is 4.74 Å². The summed E-state index contributed by atoms with van der Waals surface area (Å²) in [5, 5.41) is 0. The largest absolute Gasteiger partial charge is 0.488 e. The number of benzene rings is 1. The summed E-state index contributed by atoms with van der Waals surface area (Å²) < 4.78 is 7.20. The van der Waals surface area contributed by atoms with E-state index in [1.807, 2.05) is 0 Å². The topological polar surface area (TPSA) is 9.23 Å². The zero-order valence-electron chi connectivity index (χ0n) is 12.5. The molecule has 0 bridgehead atoms. The molecule has 0 amide bonds. The van der Waals surface area contributed by atoms with Crippen molar-refractivity contribution >= 4 is 27.3 Å². The minimum Gasteiger partial charge on any atom is -0.488 e. The molecule has 2 aromatic rings. The van der Waals surface area contributed by atoms with E-state index < -0.39 is 0 Å². The van der Waals surface area contributed by atoms with E-state index >= 15 is 0 Å². The maximum atomic E-state index is 6.05. The van der Waals surface area contributed by atoms with Gasteiger partial charge in [-0.15, -0.1) is 11.3 Å². The molecule has 3 heteroatoms. The highest BCUT2D eigenvalue weighted by molar-refractivity contribution is 9.11. The minimum absolute atomic E-state index is 0.0938. The van der Waals surface area contributed by atoms with E-state index in [1.54, 1.807) is 11.3 Å². The van der Waals surface area contributed by atoms with E-state index in [1.165, 1.54) is 16.0 Å². The molecule has 0 saturated carbocycles. The smallest absolute Gasteiger partial charge is 0.123 e. The second-order valence-corrected chi connectivity index (χ2v) is 8.48. The summed E-state index contributed by atoms with van der Waals surface area (Å²) in [6, 6.07) is 10.7. The Morgan fingerprint density at radius 2 is 1.90 bits per heavy atom. The maximum absolute atomic E-state index is 6.05. The van der Waals surface area contributed by atoms with Crippen molar-refractivity contribution in [2.75, 3.05) is 0 Å². The standard InChI is InChI=1S/C17H21BrOS/c1-5-12-6-8-15(14(10-12)17(2,3)4)19-11-13-7-9-16(18)20-13/h6-10H,5,11H2,1-4H3. The second-order valence-electron chi connectivity index (χ2n) is 5.93. The minimum atomic E-state index is 0.0938. The summed E-state index contributed by atoms with van der Waals surface area (Å²) >= 11 is 5.21. The number of aryl methyl sites for hydroxylation is 1. The van der Waals surface area contributed by atoms with Gasteiger partial charge in [-0.3, -0.25) is 0 Å². The first-order chi connectivity index (χ1) is 9.40. The molecule has 1 aromatic heterocycles.